The number of hydrogen-bond acceptors (Lipinski definition) is 5. The normalized spacial score (nSPS) is 28.3. The third-order valence-electron chi connectivity index (χ3n) is 18.6. The van der Waals surface area contributed by atoms with Gasteiger partial charge < -0.3 is 4.74 Å². The van der Waals surface area contributed by atoms with Crippen molar-refractivity contribution in [2.24, 2.45) is 107 Å². The van der Waals surface area contributed by atoms with Crippen LogP contribution in [0.2, 0.25) is 0 Å². The van der Waals surface area contributed by atoms with Crippen molar-refractivity contribution in [2.45, 2.75) is 265 Å². The van der Waals surface area contributed by atoms with Crippen molar-refractivity contribution >= 4 is 46.6 Å². The molecule has 6 aliphatic rings. The van der Waals surface area contributed by atoms with Crippen molar-refractivity contribution in [3.8, 4) is 0 Å². The van der Waals surface area contributed by atoms with Crippen LogP contribution in [0.4, 0.5) is 0 Å². The Morgan fingerprint density at radius 1 is 0.373 bits per heavy atom. The molecule has 0 N–H and O–H groups in total. The van der Waals surface area contributed by atoms with Crippen LogP contribution in [-0.2, 0) is 4.74 Å². The molecule has 0 bridgehead atoms. The Morgan fingerprint density at radius 3 is 1.00 bits per heavy atom. The maximum atomic E-state index is 5.78. The molecule has 0 spiro atoms. The number of thioether (sulfide) groups is 3. The first-order chi connectivity index (χ1) is 35.1. The predicted octanol–water partition coefficient (Wildman–Crippen LogP) is 23.9. The van der Waals surface area contributed by atoms with E-state index in [-0.39, 0.29) is 0 Å². The van der Waals surface area contributed by atoms with E-state index in [1.165, 1.54) is 91.2 Å². The second-order valence-electron chi connectivity index (χ2n) is 28.7. The van der Waals surface area contributed by atoms with Crippen molar-refractivity contribution < 1.29 is 4.74 Å². The molecule has 8 atom stereocenters. The second kappa shape index (κ2) is 37.3. The lowest BCUT2D eigenvalue weighted by atomic mass is 9.62. The number of thiophene rings is 1. The highest BCUT2D eigenvalue weighted by Crippen LogP contribution is 2.48. The van der Waals surface area contributed by atoms with Crippen LogP contribution >= 0.6 is 46.6 Å². The van der Waals surface area contributed by atoms with E-state index in [0.717, 1.165) is 112 Å². The summed E-state index contributed by atoms with van der Waals surface area (Å²) in [5.74, 6) is 21.6. The summed E-state index contributed by atoms with van der Waals surface area (Å²) in [7, 11) is 0. The zero-order valence-corrected chi connectivity index (χ0v) is 57.6. The van der Waals surface area contributed by atoms with E-state index >= 15 is 0 Å². The Bertz CT molecular complexity index is 1490. The van der Waals surface area contributed by atoms with Crippen LogP contribution in [0.1, 0.15) is 265 Å². The third kappa shape index (κ3) is 27.2. The van der Waals surface area contributed by atoms with Gasteiger partial charge in [0.25, 0.3) is 0 Å². The minimum Gasteiger partial charge on any atom is -0.367 e. The Balaban J connectivity index is 0.000000310. The van der Waals surface area contributed by atoms with E-state index < -0.39 is 0 Å². The number of hydrogen-bond donors (Lipinski definition) is 0. The molecule has 2 saturated carbocycles. The van der Waals surface area contributed by atoms with Gasteiger partial charge in [-0.2, -0.15) is 0 Å². The molecule has 5 heteroatoms. The van der Waals surface area contributed by atoms with Crippen LogP contribution in [-0.4, -0.2) is 33.9 Å². The first kappa shape index (κ1) is 71.3. The summed E-state index contributed by atoms with van der Waals surface area (Å²) < 4.78 is 6.64. The minimum atomic E-state index is 0.444. The SMILES string of the molecule is CC(C)C1=CCC(C(C)C)CC1.CC(C)C1=CCC(C(C)C)CC1.CC(C)C1CCC2CC(C(C)C)CCC2C1.CC(C)C1COC(C(C)C)SC1.CC(C)C1CSC(C(C)C)SC1.CC(C)c1ccc(C(C)C)s1. The van der Waals surface area contributed by atoms with Crippen molar-refractivity contribution in [1.82, 2.24) is 0 Å². The molecule has 0 radical (unpaired) electrons. The van der Waals surface area contributed by atoms with E-state index in [9.17, 15) is 0 Å². The minimum absolute atomic E-state index is 0.444. The lowest BCUT2D eigenvalue weighted by Gasteiger charge is -2.44. The second-order valence-corrected chi connectivity index (χ2v) is 33.6. The molecule has 3 heterocycles. The van der Waals surface area contributed by atoms with Gasteiger partial charge in [0.15, 0.2) is 0 Å². The first-order valence-corrected chi connectivity index (χ1v) is 36.0. The molecular formula is C70H130OS4. The Labute approximate surface area is 488 Å². The van der Waals surface area contributed by atoms with Crippen LogP contribution in [0.3, 0.4) is 0 Å². The van der Waals surface area contributed by atoms with Crippen molar-refractivity contribution in [3.05, 3.63) is 45.2 Å². The van der Waals surface area contributed by atoms with E-state index in [0.29, 0.717) is 23.2 Å². The highest BCUT2D eigenvalue weighted by Gasteiger charge is 2.37. The topological polar surface area (TPSA) is 9.23 Å². The maximum Gasteiger partial charge on any atom is 0.105 e. The quantitative estimate of drug-likeness (QED) is 0.193. The Hall–Kier alpha value is 0.190. The lowest BCUT2D eigenvalue weighted by Crippen LogP contribution is -2.33. The standard InChI is InChI=1S/C16H30.2C12H22.C10H20OS.C10H20S2.C10H16S/c1-11(2)13-5-7-16-10-14(12(3)4)6-8-15(16)9-13;2*1-9(2)11-5-7-12(8-6-11)10(3)4;2*1-7(2)9-5-11-10(8(3)4)12-6-9;1-7(2)9-5-6-10(11-9)8(3)4/h11-16H,5-10H2,1-4H3;2*5,9-10,12H,6-8H2,1-4H3;2*7-10H,5-6H2,1-4H3;5-8H,1-4H3. The van der Waals surface area contributed by atoms with Crippen molar-refractivity contribution in [1.29, 1.82) is 0 Å². The van der Waals surface area contributed by atoms with Gasteiger partial charge in [-0.1, -0.05) is 189 Å². The molecule has 7 rings (SSSR count). The highest BCUT2D eigenvalue weighted by molar-refractivity contribution is 8.17. The molecule has 0 amide bonds. The molecule has 1 aromatic rings. The summed E-state index contributed by atoms with van der Waals surface area (Å²) >= 11 is 8.28. The summed E-state index contributed by atoms with van der Waals surface area (Å²) in [5.41, 5.74) is 3.82. The molecule has 440 valence electrons. The monoisotopic (exact) mass is 1110 g/mol. The van der Waals surface area contributed by atoms with Crippen LogP contribution in [0, 0.1) is 107 Å². The zero-order valence-electron chi connectivity index (χ0n) is 54.4. The molecule has 2 aliphatic heterocycles. The van der Waals surface area contributed by atoms with Crippen molar-refractivity contribution in [2.75, 3.05) is 23.9 Å². The van der Waals surface area contributed by atoms with Crippen molar-refractivity contribution in [3.63, 3.8) is 0 Å². The maximum absolute atomic E-state index is 5.78. The highest BCUT2D eigenvalue weighted by atomic mass is 32.2. The van der Waals surface area contributed by atoms with Gasteiger partial charge in [-0.3, -0.25) is 0 Å². The molecular weight excluding hydrogens is 985 g/mol. The van der Waals surface area contributed by atoms with Crippen LogP contribution in [0.15, 0.2) is 35.4 Å². The summed E-state index contributed by atoms with van der Waals surface area (Å²) in [6, 6.07) is 4.51. The van der Waals surface area contributed by atoms with E-state index in [1.54, 1.807) is 24.0 Å². The smallest absolute Gasteiger partial charge is 0.105 e. The zero-order chi connectivity index (χ0) is 56.7. The molecule has 2 saturated heterocycles. The van der Waals surface area contributed by atoms with Gasteiger partial charge in [0.2, 0.25) is 0 Å². The van der Waals surface area contributed by atoms with E-state index in [1.807, 2.05) is 23.1 Å². The lowest BCUT2D eigenvalue weighted by molar-refractivity contribution is 0.0406. The number of ether oxygens (including phenoxy) is 1. The van der Waals surface area contributed by atoms with Gasteiger partial charge in [0.1, 0.15) is 5.44 Å². The van der Waals surface area contributed by atoms with Crippen LogP contribution < -0.4 is 0 Å². The molecule has 1 aromatic heterocycles. The average Bonchev–Trinajstić information content (AvgIpc) is 3.89. The summed E-state index contributed by atoms with van der Waals surface area (Å²) in [6.07, 6.45) is 22.4. The molecule has 8 unspecified atom stereocenters. The fraction of sp³-hybridized carbons (Fsp3) is 0.886. The van der Waals surface area contributed by atoms with Gasteiger partial charge in [-0.05, 0) is 219 Å². The Morgan fingerprint density at radius 2 is 0.747 bits per heavy atom. The first-order valence-electron chi connectivity index (χ1n) is 32.1. The number of allylic oxidation sites excluding steroid dienone is 4. The predicted molar refractivity (Wildman–Crippen MR) is 351 cm³/mol. The summed E-state index contributed by atoms with van der Waals surface area (Å²) in [6.45, 7) is 56.6. The van der Waals surface area contributed by atoms with Crippen LogP contribution in [0.5, 0.6) is 0 Å². The number of fused-ring (bicyclic) bond motifs is 1. The van der Waals surface area contributed by atoms with Gasteiger partial charge in [-0.25, -0.2) is 0 Å². The van der Waals surface area contributed by atoms with Gasteiger partial charge >= 0.3 is 0 Å². The van der Waals surface area contributed by atoms with Gasteiger partial charge in [0, 0.05) is 15.5 Å². The van der Waals surface area contributed by atoms with Gasteiger partial charge in [-0.15, -0.1) is 46.6 Å². The largest absolute Gasteiger partial charge is 0.367 e. The van der Waals surface area contributed by atoms with E-state index in [2.05, 4.69) is 214 Å². The fourth-order valence-electron chi connectivity index (χ4n) is 11.8. The molecule has 1 nitrogen and oxygen atoms in total. The average molecular weight is 1120 g/mol. The van der Waals surface area contributed by atoms with E-state index in [4.69, 9.17) is 4.74 Å². The molecule has 4 fully saturated rings. The van der Waals surface area contributed by atoms with Gasteiger partial charge in [0.05, 0.1) is 11.2 Å². The molecule has 4 aliphatic carbocycles. The fourth-order valence-corrected chi connectivity index (χ4v) is 17.9. The Kier molecular flexibility index (Phi) is 35.5. The molecule has 75 heavy (non-hydrogen) atoms. The third-order valence-corrected chi connectivity index (χ3v) is 25.7. The van der Waals surface area contributed by atoms with Crippen LogP contribution in [0.25, 0.3) is 0 Å². The summed E-state index contributed by atoms with van der Waals surface area (Å²) in [4.78, 5) is 3.02. The number of rotatable bonds is 12. The molecule has 0 aromatic carbocycles. The summed E-state index contributed by atoms with van der Waals surface area (Å²) in [5, 5.41) is 0.